The fourth-order valence-corrected chi connectivity index (χ4v) is 1.32. The summed E-state index contributed by atoms with van der Waals surface area (Å²) in [6, 6.07) is 3.96. The van der Waals surface area contributed by atoms with E-state index in [1.807, 2.05) is 25.4 Å². The number of aromatic nitrogens is 1. The van der Waals surface area contributed by atoms with Crippen molar-refractivity contribution in [2.75, 3.05) is 13.6 Å². The molecule has 0 spiro atoms. The second kappa shape index (κ2) is 4.94. The van der Waals surface area contributed by atoms with Crippen molar-refractivity contribution in [1.82, 2.24) is 9.88 Å². The Kier molecular flexibility index (Phi) is 3.86. The third kappa shape index (κ3) is 4.01. The molecule has 1 atom stereocenters. The zero-order chi connectivity index (χ0) is 9.68. The lowest BCUT2D eigenvalue weighted by atomic mass is 10.2. The molecular formula is C10H16N2O. The lowest BCUT2D eigenvalue weighted by Gasteiger charge is -2.17. The van der Waals surface area contributed by atoms with Crippen LogP contribution < -0.4 is 0 Å². The van der Waals surface area contributed by atoms with Gasteiger partial charge in [0.25, 0.3) is 0 Å². The van der Waals surface area contributed by atoms with Crippen molar-refractivity contribution < 1.29 is 5.11 Å². The van der Waals surface area contributed by atoms with E-state index in [9.17, 15) is 0 Å². The van der Waals surface area contributed by atoms with E-state index in [0.29, 0.717) is 6.54 Å². The highest BCUT2D eigenvalue weighted by Gasteiger charge is 2.02. The van der Waals surface area contributed by atoms with E-state index < -0.39 is 0 Å². The average Bonchev–Trinajstić information content (AvgIpc) is 2.04. The van der Waals surface area contributed by atoms with Crippen molar-refractivity contribution in [1.29, 1.82) is 0 Å². The van der Waals surface area contributed by atoms with Crippen molar-refractivity contribution in [3.63, 3.8) is 0 Å². The van der Waals surface area contributed by atoms with E-state index in [0.717, 1.165) is 6.54 Å². The van der Waals surface area contributed by atoms with Gasteiger partial charge in [-0.15, -0.1) is 0 Å². The highest BCUT2D eigenvalue weighted by atomic mass is 16.3. The van der Waals surface area contributed by atoms with Gasteiger partial charge in [-0.05, 0) is 25.6 Å². The molecule has 1 rings (SSSR count). The van der Waals surface area contributed by atoms with Crippen molar-refractivity contribution in [2.45, 2.75) is 19.6 Å². The molecule has 1 aromatic heterocycles. The molecule has 1 aromatic rings. The largest absolute Gasteiger partial charge is 0.392 e. The topological polar surface area (TPSA) is 36.4 Å². The van der Waals surface area contributed by atoms with Gasteiger partial charge in [-0.25, -0.2) is 0 Å². The Labute approximate surface area is 79.0 Å². The first-order valence-corrected chi connectivity index (χ1v) is 4.44. The molecule has 0 aliphatic rings. The Hall–Kier alpha value is -0.930. The molecule has 0 fully saturated rings. The summed E-state index contributed by atoms with van der Waals surface area (Å²) < 4.78 is 0. The Morgan fingerprint density at radius 3 is 2.92 bits per heavy atom. The van der Waals surface area contributed by atoms with Gasteiger partial charge < -0.3 is 5.11 Å². The second-order valence-corrected chi connectivity index (χ2v) is 3.41. The number of likely N-dealkylation sites (N-methyl/N-ethyl adjacent to an activating group) is 1. The number of hydrogen-bond acceptors (Lipinski definition) is 3. The van der Waals surface area contributed by atoms with E-state index in [1.165, 1.54) is 5.56 Å². The van der Waals surface area contributed by atoms with Crippen LogP contribution in [0, 0.1) is 0 Å². The first kappa shape index (κ1) is 10.2. The summed E-state index contributed by atoms with van der Waals surface area (Å²) in [5.74, 6) is 0. The maximum atomic E-state index is 9.14. The molecule has 72 valence electrons. The standard InChI is InChI=1S/C10H16N2O/c1-9(13)7-12(2)8-10-4-3-5-11-6-10/h3-6,9,13H,7-8H2,1-2H3/t9-/m0/s1. The molecule has 0 saturated carbocycles. The quantitative estimate of drug-likeness (QED) is 0.747. The molecule has 0 unspecified atom stereocenters. The first-order valence-electron chi connectivity index (χ1n) is 4.44. The summed E-state index contributed by atoms with van der Waals surface area (Å²) in [7, 11) is 1.99. The minimum Gasteiger partial charge on any atom is -0.392 e. The van der Waals surface area contributed by atoms with Gasteiger partial charge in [0, 0.05) is 25.5 Å². The first-order chi connectivity index (χ1) is 6.18. The summed E-state index contributed by atoms with van der Waals surface area (Å²) in [4.78, 5) is 6.10. The molecule has 0 bridgehead atoms. The highest BCUT2D eigenvalue weighted by Crippen LogP contribution is 2.00. The van der Waals surface area contributed by atoms with Gasteiger partial charge in [0.2, 0.25) is 0 Å². The third-order valence-corrected chi connectivity index (χ3v) is 1.75. The third-order valence-electron chi connectivity index (χ3n) is 1.75. The molecular weight excluding hydrogens is 164 g/mol. The number of hydrogen-bond donors (Lipinski definition) is 1. The predicted molar refractivity (Wildman–Crippen MR) is 52.3 cm³/mol. The van der Waals surface area contributed by atoms with Crippen LogP contribution in [0.15, 0.2) is 24.5 Å². The van der Waals surface area contributed by atoms with Gasteiger partial charge in [-0.1, -0.05) is 6.07 Å². The number of nitrogens with zero attached hydrogens (tertiary/aromatic N) is 2. The van der Waals surface area contributed by atoms with Crippen LogP contribution in [-0.2, 0) is 6.54 Å². The fourth-order valence-electron chi connectivity index (χ4n) is 1.32. The van der Waals surface area contributed by atoms with Crippen LogP contribution in [0.5, 0.6) is 0 Å². The number of aliphatic hydroxyl groups is 1. The molecule has 13 heavy (non-hydrogen) atoms. The molecule has 3 heteroatoms. The van der Waals surface area contributed by atoms with Gasteiger partial charge in [0.1, 0.15) is 0 Å². The molecule has 0 amide bonds. The zero-order valence-electron chi connectivity index (χ0n) is 8.14. The maximum Gasteiger partial charge on any atom is 0.0639 e. The van der Waals surface area contributed by atoms with Crippen LogP contribution in [0.1, 0.15) is 12.5 Å². The Bertz CT molecular complexity index is 236. The van der Waals surface area contributed by atoms with Gasteiger partial charge in [0.05, 0.1) is 6.10 Å². The van der Waals surface area contributed by atoms with Crippen molar-refractivity contribution >= 4 is 0 Å². The normalized spacial score (nSPS) is 13.2. The SMILES string of the molecule is C[C@H](O)CN(C)Cc1cccnc1. The molecule has 1 heterocycles. The molecule has 3 nitrogen and oxygen atoms in total. The minimum absolute atomic E-state index is 0.276. The summed E-state index contributed by atoms with van der Waals surface area (Å²) in [6.07, 6.45) is 3.33. The van der Waals surface area contributed by atoms with E-state index in [4.69, 9.17) is 5.11 Å². The van der Waals surface area contributed by atoms with Crippen LogP contribution >= 0.6 is 0 Å². The summed E-state index contributed by atoms with van der Waals surface area (Å²) in [6.45, 7) is 3.31. The lowest BCUT2D eigenvalue weighted by molar-refractivity contribution is 0.138. The highest BCUT2D eigenvalue weighted by molar-refractivity contribution is 5.07. The maximum absolute atomic E-state index is 9.14. The van der Waals surface area contributed by atoms with Gasteiger partial charge in [0.15, 0.2) is 0 Å². The fraction of sp³-hybridized carbons (Fsp3) is 0.500. The van der Waals surface area contributed by atoms with E-state index in [-0.39, 0.29) is 6.10 Å². The van der Waals surface area contributed by atoms with Crippen LogP contribution in [0.4, 0.5) is 0 Å². The lowest BCUT2D eigenvalue weighted by Crippen LogP contribution is -2.26. The number of pyridine rings is 1. The van der Waals surface area contributed by atoms with Crippen LogP contribution in [-0.4, -0.2) is 34.7 Å². The van der Waals surface area contributed by atoms with E-state index in [1.54, 1.807) is 13.1 Å². The Morgan fingerprint density at radius 1 is 1.62 bits per heavy atom. The molecule has 0 aliphatic carbocycles. The smallest absolute Gasteiger partial charge is 0.0639 e. The summed E-state index contributed by atoms with van der Waals surface area (Å²) in [5.41, 5.74) is 1.17. The van der Waals surface area contributed by atoms with Gasteiger partial charge >= 0.3 is 0 Å². The van der Waals surface area contributed by atoms with Crippen LogP contribution in [0.2, 0.25) is 0 Å². The molecule has 0 aliphatic heterocycles. The van der Waals surface area contributed by atoms with Crippen LogP contribution in [0.3, 0.4) is 0 Å². The molecule has 0 saturated heterocycles. The van der Waals surface area contributed by atoms with E-state index in [2.05, 4.69) is 9.88 Å². The Balaban J connectivity index is 2.41. The second-order valence-electron chi connectivity index (χ2n) is 3.41. The Morgan fingerprint density at radius 2 is 2.38 bits per heavy atom. The monoisotopic (exact) mass is 180 g/mol. The molecule has 0 aromatic carbocycles. The van der Waals surface area contributed by atoms with Crippen molar-refractivity contribution in [3.8, 4) is 0 Å². The summed E-state index contributed by atoms with van der Waals surface area (Å²) >= 11 is 0. The minimum atomic E-state index is -0.276. The van der Waals surface area contributed by atoms with Gasteiger partial charge in [-0.3, -0.25) is 9.88 Å². The summed E-state index contributed by atoms with van der Waals surface area (Å²) in [5, 5.41) is 9.14. The molecule has 0 radical (unpaired) electrons. The zero-order valence-corrected chi connectivity index (χ0v) is 8.14. The van der Waals surface area contributed by atoms with Crippen molar-refractivity contribution in [3.05, 3.63) is 30.1 Å². The van der Waals surface area contributed by atoms with E-state index >= 15 is 0 Å². The van der Waals surface area contributed by atoms with Gasteiger partial charge in [-0.2, -0.15) is 0 Å². The average molecular weight is 180 g/mol. The number of rotatable bonds is 4. The predicted octanol–water partition coefficient (Wildman–Crippen LogP) is 0.894. The van der Waals surface area contributed by atoms with Crippen molar-refractivity contribution in [2.24, 2.45) is 0 Å². The molecule has 1 N–H and O–H groups in total. The number of aliphatic hydroxyl groups excluding tert-OH is 1. The van der Waals surface area contributed by atoms with Crippen LogP contribution in [0.25, 0.3) is 0 Å².